The van der Waals surface area contributed by atoms with E-state index in [0.717, 1.165) is 16.8 Å². The summed E-state index contributed by atoms with van der Waals surface area (Å²) in [5.41, 5.74) is 5.16. The number of aryl methyl sites for hydroxylation is 2. The Labute approximate surface area is 204 Å². The number of ether oxygens (including phenoxy) is 1. The van der Waals surface area contributed by atoms with Crippen LogP contribution in [-0.4, -0.2) is 44.5 Å². The Hall–Kier alpha value is -3.66. The van der Waals surface area contributed by atoms with Crippen molar-refractivity contribution in [2.75, 3.05) is 34.7 Å². The van der Waals surface area contributed by atoms with Gasteiger partial charge >= 0.3 is 0 Å². The lowest BCUT2D eigenvalue weighted by atomic mass is 10.1. The highest BCUT2D eigenvalue weighted by molar-refractivity contribution is 7.92. The van der Waals surface area contributed by atoms with E-state index >= 15 is 0 Å². The van der Waals surface area contributed by atoms with Crippen LogP contribution in [0.3, 0.4) is 0 Å². The number of hydrogen-bond acceptors (Lipinski definition) is 7. The summed E-state index contributed by atoms with van der Waals surface area (Å²) in [7, 11) is -1.80. The van der Waals surface area contributed by atoms with E-state index in [-0.39, 0.29) is 11.7 Å². The maximum absolute atomic E-state index is 13.1. The first-order valence-corrected chi connectivity index (χ1v) is 13.1. The smallest absolute Gasteiger partial charge is 0.259 e. The fourth-order valence-electron chi connectivity index (χ4n) is 4.60. The van der Waals surface area contributed by atoms with Gasteiger partial charge in [-0.25, -0.2) is 18.4 Å². The number of rotatable bonds is 5. The third-order valence-corrected chi connectivity index (χ3v) is 8.08. The zero-order valence-electron chi connectivity index (χ0n) is 20.1. The summed E-state index contributed by atoms with van der Waals surface area (Å²) >= 11 is 0. The number of nitrogens with zero attached hydrogens (tertiary/aromatic N) is 4. The van der Waals surface area contributed by atoms with Crippen LogP contribution in [-0.2, 0) is 22.2 Å². The van der Waals surface area contributed by atoms with Crippen molar-refractivity contribution in [3.05, 3.63) is 64.5 Å². The van der Waals surface area contributed by atoms with Crippen LogP contribution < -0.4 is 19.3 Å². The molecule has 1 amide bonds. The van der Waals surface area contributed by atoms with Crippen LogP contribution in [0.25, 0.3) is 0 Å². The molecule has 0 bridgehead atoms. The molecule has 0 spiro atoms. The minimum absolute atomic E-state index is 0.0735. The molecule has 0 atom stereocenters. The monoisotopic (exact) mass is 493 g/mol. The molecule has 0 unspecified atom stereocenters. The normalized spacial score (nSPS) is 15.7. The molecule has 0 saturated carbocycles. The molecule has 1 aromatic carbocycles. The highest BCUT2D eigenvalue weighted by atomic mass is 32.2. The second-order valence-electron chi connectivity index (χ2n) is 8.77. The van der Waals surface area contributed by atoms with Gasteiger partial charge in [0.1, 0.15) is 17.3 Å². The van der Waals surface area contributed by atoms with Gasteiger partial charge in [-0.1, -0.05) is 6.07 Å². The van der Waals surface area contributed by atoms with E-state index < -0.39 is 10.0 Å². The van der Waals surface area contributed by atoms with Gasteiger partial charge in [-0.3, -0.25) is 9.10 Å². The molecule has 0 radical (unpaired) electrons. The minimum Gasteiger partial charge on any atom is -0.493 e. The van der Waals surface area contributed by atoms with Crippen LogP contribution in [0.1, 0.15) is 39.7 Å². The summed E-state index contributed by atoms with van der Waals surface area (Å²) in [6, 6.07) is 9.13. The topological polar surface area (TPSA) is 105 Å². The summed E-state index contributed by atoms with van der Waals surface area (Å²) in [4.78, 5) is 24.4. The number of carbonyl (C=O) groups excluding carboxylic acids is 1. The molecule has 4 heterocycles. The molecule has 182 valence electrons. The third kappa shape index (κ3) is 3.97. The van der Waals surface area contributed by atoms with Gasteiger partial charge in [-0.15, -0.1) is 0 Å². The molecule has 35 heavy (non-hydrogen) atoms. The number of aromatic nitrogens is 2. The summed E-state index contributed by atoms with van der Waals surface area (Å²) in [6.45, 7) is 6.82. The molecule has 0 aliphatic carbocycles. The van der Waals surface area contributed by atoms with Crippen molar-refractivity contribution in [2.24, 2.45) is 0 Å². The van der Waals surface area contributed by atoms with Crippen LogP contribution in [0.5, 0.6) is 5.75 Å². The SMILES string of the molecule is CCN1c2ncc(CCOc3cccc4c3CS(=O)(=O)N4C)cc2C(=O)Nc2c(C)cc(C)nc21. The Bertz CT molecular complexity index is 1450. The Balaban J connectivity index is 1.38. The van der Waals surface area contributed by atoms with Crippen LogP contribution >= 0.6 is 0 Å². The van der Waals surface area contributed by atoms with Gasteiger partial charge in [0.25, 0.3) is 5.91 Å². The lowest BCUT2D eigenvalue weighted by molar-refractivity contribution is 0.102. The fourth-order valence-corrected chi connectivity index (χ4v) is 5.92. The average molecular weight is 494 g/mol. The van der Waals surface area contributed by atoms with Crippen LogP contribution in [0, 0.1) is 13.8 Å². The lowest BCUT2D eigenvalue weighted by Crippen LogP contribution is -2.20. The molecule has 0 fully saturated rings. The molecule has 1 N–H and O–H groups in total. The Morgan fingerprint density at radius 3 is 2.74 bits per heavy atom. The highest BCUT2D eigenvalue weighted by Crippen LogP contribution is 2.39. The molecule has 0 saturated heterocycles. The van der Waals surface area contributed by atoms with Gasteiger partial charge in [-0.2, -0.15) is 0 Å². The Morgan fingerprint density at radius 1 is 1.17 bits per heavy atom. The molecule has 2 aromatic heterocycles. The first-order chi connectivity index (χ1) is 16.7. The van der Waals surface area contributed by atoms with Crippen molar-refractivity contribution in [3.63, 3.8) is 0 Å². The maximum Gasteiger partial charge on any atom is 0.259 e. The third-order valence-electron chi connectivity index (χ3n) is 6.40. The fraction of sp³-hybridized carbons (Fsp3) is 0.320. The number of carbonyl (C=O) groups is 1. The molecule has 9 nitrogen and oxygen atoms in total. The largest absolute Gasteiger partial charge is 0.493 e. The summed E-state index contributed by atoms with van der Waals surface area (Å²) in [5.74, 6) is 1.52. The zero-order chi connectivity index (χ0) is 24.9. The van der Waals surface area contributed by atoms with Crippen LogP contribution in [0.2, 0.25) is 0 Å². The van der Waals surface area contributed by atoms with Crippen molar-refractivity contribution >= 4 is 38.9 Å². The molecule has 2 aliphatic heterocycles. The first kappa shape index (κ1) is 23.1. The van der Waals surface area contributed by atoms with Crippen LogP contribution in [0.15, 0.2) is 36.5 Å². The predicted molar refractivity (Wildman–Crippen MR) is 135 cm³/mol. The first-order valence-electron chi connectivity index (χ1n) is 11.5. The van der Waals surface area contributed by atoms with Crippen LogP contribution in [0.4, 0.5) is 23.0 Å². The van der Waals surface area contributed by atoms with Crippen molar-refractivity contribution in [3.8, 4) is 5.75 Å². The van der Waals surface area contributed by atoms with Gasteiger partial charge in [0.05, 0.1) is 23.5 Å². The van der Waals surface area contributed by atoms with E-state index in [1.54, 1.807) is 31.4 Å². The number of pyridine rings is 2. The molecular formula is C25H27N5O4S. The van der Waals surface area contributed by atoms with E-state index in [0.29, 0.717) is 59.5 Å². The number of anilines is 4. The van der Waals surface area contributed by atoms with Crippen molar-refractivity contribution < 1.29 is 17.9 Å². The zero-order valence-corrected chi connectivity index (χ0v) is 20.9. The van der Waals surface area contributed by atoms with E-state index in [1.165, 1.54) is 4.31 Å². The standard InChI is InChI=1S/C25H27N5O4S/c1-5-30-23-18(25(31)28-22-15(2)11-16(3)27-24(22)30)12-17(13-26-23)9-10-34-21-8-6-7-20-19(21)14-35(32,33)29(20)4/h6-8,11-13H,5,9-10,14H2,1-4H3,(H,28,31). The summed E-state index contributed by atoms with van der Waals surface area (Å²) < 4.78 is 31.8. The van der Waals surface area contributed by atoms with E-state index in [2.05, 4.69) is 15.3 Å². The van der Waals surface area contributed by atoms with Gasteiger partial charge < -0.3 is 15.0 Å². The van der Waals surface area contributed by atoms with Crippen molar-refractivity contribution in [2.45, 2.75) is 32.9 Å². The molecule has 10 heteroatoms. The number of hydrogen-bond donors (Lipinski definition) is 1. The molecule has 5 rings (SSSR count). The van der Waals surface area contributed by atoms with Crippen molar-refractivity contribution in [1.29, 1.82) is 0 Å². The van der Waals surface area contributed by atoms with E-state index in [1.807, 2.05) is 37.8 Å². The number of sulfonamides is 1. The van der Waals surface area contributed by atoms with Gasteiger partial charge in [-0.05, 0) is 56.2 Å². The lowest BCUT2D eigenvalue weighted by Gasteiger charge is -2.23. The van der Waals surface area contributed by atoms with E-state index in [9.17, 15) is 13.2 Å². The molecule has 2 aliphatic rings. The van der Waals surface area contributed by atoms with Gasteiger partial charge in [0.15, 0.2) is 5.82 Å². The average Bonchev–Trinajstić information content (AvgIpc) is 2.98. The highest BCUT2D eigenvalue weighted by Gasteiger charge is 2.32. The van der Waals surface area contributed by atoms with Gasteiger partial charge in [0.2, 0.25) is 10.0 Å². The maximum atomic E-state index is 13.1. The Kier molecular flexibility index (Phi) is 5.63. The molecular weight excluding hydrogens is 466 g/mol. The predicted octanol–water partition coefficient (Wildman–Crippen LogP) is 3.72. The minimum atomic E-state index is -3.35. The van der Waals surface area contributed by atoms with Gasteiger partial charge in [0, 0.05) is 37.5 Å². The second-order valence-corrected chi connectivity index (χ2v) is 10.8. The molecule has 3 aromatic rings. The summed E-state index contributed by atoms with van der Waals surface area (Å²) in [6.07, 6.45) is 2.26. The van der Waals surface area contributed by atoms with Crippen molar-refractivity contribution in [1.82, 2.24) is 9.97 Å². The quantitative estimate of drug-likeness (QED) is 0.578. The summed E-state index contributed by atoms with van der Waals surface area (Å²) in [5, 5.41) is 3.01. The van der Waals surface area contributed by atoms with E-state index in [4.69, 9.17) is 4.74 Å². The Morgan fingerprint density at radius 2 is 1.97 bits per heavy atom. The number of amides is 1. The number of fused-ring (bicyclic) bond motifs is 3. The second kappa shape index (κ2) is 8.53. The number of benzene rings is 1. The number of nitrogens with one attached hydrogen (secondary N) is 1.